The summed E-state index contributed by atoms with van der Waals surface area (Å²) in [5.41, 5.74) is 2.62. The molecule has 0 spiro atoms. The van der Waals surface area contributed by atoms with Gasteiger partial charge < -0.3 is 4.84 Å². The first-order chi connectivity index (χ1) is 9.42. The summed E-state index contributed by atoms with van der Waals surface area (Å²) in [4.78, 5) is 5.09. The third-order valence-electron chi connectivity index (χ3n) is 3.99. The summed E-state index contributed by atoms with van der Waals surface area (Å²) in [7, 11) is 1.66. The van der Waals surface area contributed by atoms with Gasteiger partial charge in [0.15, 0.2) is 0 Å². The van der Waals surface area contributed by atoms with E-state index < -0.39 is 0 Å². The van der Waals surface area contributed by atoms with Gasteiger partial charge in [0.05, 0.1) is 5.71 Å². The maximum atomic E-state index is 5.09. The minimum absolute atomic E-state index is 0.444. The molecule has 0 heterocycles. The van der Waals surface area contributed by atoms with E-state index in [0.717, 1.165) is 6.42 Å². The van der Waals surface area contributed by atoms with Crippen molar-refractivity contribution >= 4 is 5.71 Å². The van der Waals surface area contributed by atoms with Crippen LogP contribution in [0.5, 0.6) is 0 Å². The predicted octanol–water partition coefficient (Wildman–Crippen LogP) is 4.91. The highest BCUT2D eigenvalue weighted by molar-refractivity contribution is 5.90. The van der Waals surface area contributed by atoms with Crippen molar-refractivity contribution in [1.82, 2.24) is 0 Å². The van der Waals surface area contributed by atoms with E-state index in [-0.39, 0.29) is 0 Å². The summed E-state index contributed by atoms with van der Waals surface area (Å²) < 4.78 is 0. The molecule has 0 radical (unpaired) electrons. The van der Waals surface area contributed by atoms with Crippen LogP contribution in [0.25, 0.3) is 0 Å². The second-order valence-corrected chi connectivity index (χ2v) is 5.39. The van der Waals surface area contributed by atoms with Gasteiger partial charge in [-0.05, 0) is 24.8 Å². The maximum absolute atomic E-state index is 5.09. The van der Waals surface area contributed by atoms with Gasteiger partial charge in [-0.1, -0.05) is 67.6 Å². The van der Waals surface area contributed by atoms with Crippen LogP contribution in [0, 0.1) is 0 Å². The molecule has 1 atom stereocenters. The average molecular weight is 259 g/mol. The minimum Gasteiger partial charge on any atom is -0.399 e. The standard InChI is InChI=1S/C17H25NO/c1-19-18-17-14-10-5-3-2-4-9-13-16(17)15-11-7-6-8-12-15/h6-8,11-12,16H,2-5,9-10,13-14H2,1H3. The summed E-state index contributed by atoms with van der Waals surface area (Å²) in [6.07, 6.45) is 10.2. The molecule has 0 saturated heterocycles. The van der Waals surface area contributed by atoms with Gasteiger partial charge in [-0.15, -0.1) is 0 Å². The van der Waals surface area contributed by atoms with E-state index in [9.17, 15) is 0 Å². The lowest BCUT2D eigenvalue weighted by atomic mass is 9.85. The van der Waals surface area contributed by atoms with Crippen molar-refractivity contribution in [3.05, 3.63) is 35.9 Å². The zero-order valence-corrected chi connectivity index (χ0v) is 12.0. The molecular weight excluding hydrogens is 234 g/mol. The molecule has 1 aliphatic rings. The fourth-order valence-electron chi connectivity index (χ4n) is 2.97. The largest absolute Gasteiger partial charge is 0.399 e. The van der Waals surface area contributed by atoms with Crippen molar-refractivity contribution in [2.45, 2.75) is 57.3 Å². The maximum Gasteiger partial charge on any atom is 0.106 e. The predicted molar refractivity (Wildman–Crippen MR) is 80.6 cm³/mol. The number of nitrogens with zero attached hydrogens (tertiary/aromatic N) is 1. The van der Waals surface area contributed by atoms with Gasteiger partial charge >= 0.3 is 0 Å². The van der Waals surface area contributed by atoms with E-state index in [0.29, 0.717) is 5.92 Å². The molecule has 2 rings (SSSR count). The molecule has 1 saturated carbocycles. The van der Waals surface area contributed by atoms with Crippen molar-refractivity contribution in [2.75, 3.05) is 7.11 Å². The second kappa shape index (κ2) is 7.98. The number of rotatable bonds is 2. The summed E-state index contributed by atoms with van der Waals surface area (Å²) in [5.74, 6) is 0.444. The van der Waals surface area contributed by atoms with Gasteiger partial charge in [-0.25, -0.2) is 0 Å². The molecule has 0 aromatic heterocycles. The lowest BCUT2D eigenvalue weighted by Gasteiger charge is -2.20. The zero-order chi connectivity index (χ0) is 13.3. The van der Waals surface area contributed by atoms with Crippen LogP contribution < -0.4 is 0 Å². The fraction of sp³-hybridized carbons (Fsp3) is 0.588. The monoisotopic (exact) mass is 259 g/mol. The van der Waals surface area contributed by atoms with Gasteiger partial charge in [0.1, 0.15) is 7.11 Å². The van der Waals surface area contributed by atoms with Crippen LogP contribution in [-0.4, -0.2) is 12.8 Å². The van der Waals surface area contributed by atoms with Crippen molar-refractivity contribution in [3.8, 4) is 0 Å². The fourth-order valence-corrected chi connectivity index (χ4v) is 2.97. The van der Waals surface area contributed by atoms with E-state index in [2.05, 4.69) is 35.5 Å². The van der Waals surface area contributed by atoms with Crippen LogP contribution in [0.15, 0.2) is 35.5 Å². The van der Waals surface area contributed by atoms with Gasteiger partial charge in [-0.2, -0.15) is 0 Å². The highest BCUT2D eigenvalue weighted by Gasteiger charge is 2.19. The molecule has 2 heteroatoms. The first kappa shape index (κ1) is 14.1. The van der Waals surface area contributed by atoms with Crippen LogP contribution in [-0.2, 0) is 4.84 Å². The summed E-state index contributed by atoms with van der Waals surface area (Å²) in [6.45, 7) is 0. The Morgan fingerprint density at radius 1 is 0.947 bits per heavy atom. The van der Waals surface area contributed by atoms with Gasteiger partial charge in [-0.3, -0.25) is 0 Å². The van der Waals surface area contributed by atoms with Crippen LogP contribution in [0.3, 0.4) is 0 Å². The Morgan fingerprint density at radius 3 is 2.37 bits per heavy atom. The Hall–Kier alpha value is -1.31. The molecule has 1 aromatic carbocycles. The topological polar surface area (TPSA) is 21.6 Å². The number of oxime groups is 1. The summed E-state index contributed by atoms with van der Waals surface area (Å²) in [6, 6.07) is 10.8. The van der Waals surface area contributed by atoms with Crippen LogP contribution in [0.2, 0.25) is 0 Å². The summed E-state index contributed by atoms with van der Waals surface area (Å²) >= 11 is 0. The molecule has 0 aliphatic heterocycles. The lowest BCUT2D eigenvalue weighted by Crippen LogP contribution is -2.14. The molecule has 2 nitrogen and oxygen atoms in total. The molecule has 0 amide bonds. The Morgan fingerprint density at radius 2 is 1.63 bits per heavy atom. The first-order valence-electron chi connectivity index (χ1n) is 7.56. The Labute approximate surface area is 116 Å². The Bertz CT molecular complexity index is 386. The molecule has 19 heavy (non-hydrogen) atoms. The normalized spacial score (nSPS) is 24.1. The van der Waals surface area contributed by atoms with E-state index in [1.165, 1.54) is 56.2 Å². The minimum atomic E-state index is 0.444. The average Bonchev–Trinajstić information content (AvgIpc) is 2.46. The van der Waals surface area contributed by atoms with Crippen LogP contribution in [0.4, 0.5) is 0 Å². The lowest BCUT2D eigenvalue weighted by molar-refractivity contribution is 0.210. The molecule has 0 N–H and O–H groups in total. The third-order valence-corrected chi connectivity index (χ3v) is 3.99. The molecule has 1 aliphatic carbocycles. The smallest absolute Gasteiger partial charge is 0.106 e. The quantitative estimate of drug-likeness (QED) is 0.692. The SMILES string of the molecule is CON=C1CCCCCCCCC1c1ccccc1. The van der Waals surface area contributed by atoms with Crippen molar-refractivity contribution in [1.29, 1.82) is 0 Å². The molecule has 1 aromatic rings. The van der Waals surface area contributed by atoms with E-state index in [1.807, 2.05) is 0 Å². The van der Waals surface area contributed by atoms with Gasteiger partial charge in [0.2, 0.25) is 0 Å². The van der Waals surface area contributed by atoms with Gasteiger partial charge in [0, 0.05) is 5.92 Å². The number of benzene rings is 1. The zero-order valence-electron chi connectivity index (χ0n) is 12.0. The molecule has 0 bridgehead atoms. The van der Waals surface area contributed by atoms with E-state index in [1.54, 1.807) is 7.11 Å². The van der Waals surface area contributed by atoms with Crippen LogP contribution in [0.1, 0.15) is 62.8 Å². The van der Waals surface area contributed by atoms with E-state index in [4.69, 9.17) is 4.84 Å². The van der Waals surface area contributed by atoms with Crippen molar-refractivity contribution < 1.29 is 4.84 Å². The Kier molecular flexibility index (Phi) is 5.93. The van der Waals surface area contributed by atoms with Gasteiger partial charge in [0.25, 0.3) is 0 Å². The summed E-state index contributed by atoms with van der Waals surface area (Å²) in [5, 5.41) is 4.33. The molecule has 1 fully saturated rings. The van der Waals surface area contributed by atoms with E-state index >= 15 is 0 Å². The number of hydrogen-bond acceptors (Lipinski definition) is 2. The third kappa shape index (κ3) is 4.38. The highest BCUT2D eigenvalue weighted by Crippen LogP contribution is 2.28. The second-order valence-electron chi connectivity index (χ2n) is 5.39. The Balaban J connectivity index is 2.18. The highest BCUT2D eigenvalue weighted by atomic mass is 16.6. The first-order valence-corrected chi connectivity index (χ1v) is 7.56. The van der Waals surface area contributed by atoms with Crippen LogP contribution >= 0.6 is 0 Å². The van der Waals surface area contributed by atoms with Crippen molar-refractivity contribution in [2.24, 2.45) is 5.16 Å². The molecule has 1 unspecified atom stereocenters. The molecule has 104 valence electrons. The number of hydrogen-bond donors (Lipinski definition) is 0. The van der Waals surface area contributed by atoms with Crippen molar-refractivity contribution in [3.63, 3.8) is 0 Å². The molecular formula is C17H25NO.